The minimum Gasteiger partial charge on any atom is -0.618 e. The number of pyridine rings is 1. The number of sulfonamides is 1. The molecule has 0 unspecified atom stereocenters. The number of aryl methyl sites for hydroxylation is 2. The fourth-order valence-corrected chi connectivity index (χ4v) is 7.94. The Labute approximate surface area is 247 Å². The Morgan fingerprint density at radius 3 is 2.27 bits per heavy atom. The van der Waals surface area contributed by atoms with Crippen LogP contribution in [0.2, 0.25) is 5.02 Å². The predicted molar refractivity (Wildman–Crippen MR) is 161 cm³/mol. The summed E-state index contributed by atoms with van der Waals surface area (Å²) in [6, 6.07) is 8.96. The summed E-state index contributed by atoms with van der Waals surface area (Å²) in [6.45, 7) is 7.17. The van der Waals surface area contributed by atoms with Gasteiger partial charge in [-0.3, -0.25) is 0 Å². The summed E-state index contributed by atoms with van der Waals surface area (Å²) in [6.07, 6.45) is 7.17. The van der Waals surface area contributed by atoms with Crippen LogP contribution in [0, 0.1) is 19.1 Å². The molecule has 0 aliphatic heterocycles. The van der Waals surface area contributed by atoms with Gasteiger partial charge in [-0.2, -0.15) is 4.73 Å². The average molecular weight is 599 g/mol. The van der Waals surface area contributed by atoms with E-state index in [4.69, 9.17) is 21.5 Å². The Kier molecular flexibility index (Phi) is 8.16. The van der Waals surface area contributed by atoms with Crippen molar-refractivity contribution in [3.63, 3.8) is 0 Å². The predicted octanol–water partition coefficient (Wildman–Crippen LogP) is 6.85. The highest BCUT2D eigenvalue weighted by atomic mass is 35.5. The maximum atomic E-state index is 14.0. The van der Waals surface area contributed by atoms with Crippen molar-refractivity contribution in [2.45, 2.75) is 102 Å². The Hall–Kier alpha value is -2.65. The summed E-state index contributed by atoms with van der Waals surface area (Å²) in [5.41, 5.74) is 3.52. The average Bonchev–Trinajstić information content (AvgIpc) is 2.90. The van der Waals surface area contributed by atoms with E-state index in [0.29, 0.717) is 57.3 Å². The summed E-state index contributed by atoms with van der Waals surface area (Å²) in [4.78, 5) is -0.109. The Morgan fingerprint density at radius 1 is 1.02 bits per heavy atom. The first-order valence-electron chi connectivity index (χ1n) is 14.4. The monoisotopic (exact) mass is 598 g/mol. The van der Waals surface area contributed by atoms with Gasteiger partial charge in [-0.05, 0) is 101 Å². The summed E-state index contributed by atoms with van der Waals surface area (Å²) >= 11 is 6.28. The number of rotatable bonds is 6. The van der Waals surface area contributed by atoms with Crippen LogP contribution in [0.5, 0.6) is 11.5 Å². The molecule has 0 bridgehead atoms. The molecule has 3 N–H and O–H groups in total. The number of aliphatic hydroxyl groups is 1. The Balaban J connectivity index is 1.88. The molecule has 7 nitrogen and oxygen atoms in total. The fourth-order valence-electron chi connectivity index (χ4n) is 6.55. The van der Waals surface area contributed by atoms with Gasteiger partial charge >= 0.3 is 0 Å². The first-order chi connectivity index (χ1) is 19.3. The van der Waals surface area contributed by atoms with Crippen LogP contribution in [0.3, 0.4) is 0 Å². The topological polar surface area (TPSA) is 117 Å². The SMILES string of the molecule is Cc1cc(Cl)cc(C)c1Oc1ccc(C(C)(C)O)cc1-c1c2c([n+]([O-])c(C3CCCCC3)c1S(N)(=O)=O)CCCC2. The maximum Gasteiger partial charge on any atom is 0.244 e. The summed E-state index contributed by atoms with van der Waals surface area (Å²) < 4.78 is 34.5. The lowest BCUT2D eigenvalue weighted by molar-refractivity contribution is -0.627. The standard InChI is InChI=1S/C32H39ClN2O5S/c1-19-16-23(33)17-20(2)30(19)40-27-15-14-22(32(3,4)36)18-25(27)28-24-12-8-9-13-26(24)35(37)29(31(28)41(34,38)39)21-10-6-5-7-11-21/h14-18,21,36H,5-13H2,1-4H3,(H2,34,38,39). The number of ether oxygens (including phenoxy) is 1. The van der Waals surface area contributed by atoms with Crippen LogP contribution in [0.4, 0.5) is 0 Å². The van der Waals surface area contributed by atoms with Crippen LogP contribution in [0.1, 0.15) is 98.4 Å². The number of hydrogen-bond acceptors (Lipinski definition) is 5. The van der Waals surface area contributed by atoms with Crippen molar-refractivity contribution in [2.24, 2.45) is 5.14 Å². The number of aromatic nitrogens is 1. The number of nitrogens with two attached hydrogens (primary N) is 1. The molecule has 0 saturated heterocycles. The molecular weight excluding hydrogens is 560 g/mol. The first-order valence-corrected chi connectivity index (χ1v) is 16.4. The van der Waals surface area contributed by atoms with Crippen LogP contribution >= 0.6 is 11.6 Å². The molecule has 5 rings (SSSR count). The molecule has 3 aromatic rings. The number of fused-ring (bicyclic) bond motifs is 1. The van der Waals surface area contributed by atoms with E-state index < -0.39 is 15.6 Å². The van der Waals surface area contributed by atoms with Gasteiger partial charge in [0, 0.05) is 34.1 Å². The van der Waals surface area contributed by atoms with Crippen LogP contribution in [-0.4, -0.2) is 13.5 Å². The molecule has 2 aliphatic rings. The van der Waals surface area contributed by atoms with Gasteiger partial charge in [0.25, 0.3) is 0 Å². The minimum atomic E-state index is -4.33. The van der Waals surface area contributed by atoms with Gasteiger partial charge in [-0.25, -0.2) is 13.6 Å². The highest BCUT2D eigenvalue weighted by molar-refractivity contribution is 7.89. The third-order valence-corrected chi connectivity index (χ3v) is 9.73. The number of primary sulfonamides is 1. The number of nitrogens with zero attached hydrogens (tertiary/aromatic N) is 1. The van der Waals surface area contributed by atoms with E-state index in [-0.39, 0.29) is 16.5 Å². The molecule has 2 aromatic carbocycles. The quantitative estimate of drug-likeness (QED) is 0.238. The van der Waals surface area contributed by atoms with E-state index in [2.05, 4.69) is 0 Å². The van der Waals surface area contributed by atoms with Gasteiger partial charge < -0.3 is 15.1 Å². The van der Waals surface area contributed by atoms with Gasteiger partial charge in [-0.15, -0.1) is 0 Å². The van der Waals surface area contributed by atoms with E-state index >= 15 is 0 Å². The zero-order valence-electron chi connectivity index (χ0n) is 24.2. The van der Waals surface area contributed by atoms with E-state index in [1.807, 2.05) is 26.0 Å². The van der Waals surface area contributed by atoms with Crippen molar-refractivity contribution in [1.29, 1.82) is 0 Å². The molecule has 0 amide bonds. The molecule has 2 aliphatic carbocycles. The second kappa shape index (κ2) is 11.2. The zero-order valence-corrected chi connectivity index (χ0v) is 25.8. The molecule has 1 aromatic heterocycles. The molecule has 1 fully saturated rings. The van der Waals surface area contributed by atoms with Gasteiger partial charge in [0.05, 0.1) is 5.60 Å². The first kappa shape index (κ1) is 29.8. The molecule has 0 spiro atoms. The summed E-state index contributed by atoms with van der Waals surface area (Å²) in [5.74, 6) is 0.825. The lowest BCUT2D eigenvalue weighted by Gasteiger charge is -2.29. The van der Waals surface area contributed by atoms with Crippen LogP contribution in [0.25, 0.3) is 11.1 Å². The van der Waals surface area contributed by atoms with E-state index in [0.717, 1.165) is 60.8 Å². The smallest absolute Gasteiger partial charge is 0.244 e. The molecule has 1 heterocycles. The minimum absolute atomic E-state index is 0.109. The second-order valence-corrected chi connectivity index (χ2v) is 14.1. The van der Waals surface area contributed by atoms with Crippen molar-refractivity contribution < 1.29 is 23.0 Å². The van der Waals surface area contributed by atoms with Crippen molar-refractivity contribution in [2.75, 3.05) is 0 Å². The highest BCUT2D eigenvalue weighted by Crippen LogP contribution is 2.47. The molecule has 0 radical (unpaired) electrons. The van der Waals surface area contributed by atoms with E-state index in [1.165, 1.54) is 0 Å². The zero-order chi connectivity index (χ0) is 29.7. The molecule has 220 valence electrons. The lowest BCUT2D eigenvalue weighted by Crippen LogP contribution is -2.44. The van der Waals surface area contributed by atoms with Gasteiger partial charge in [0.2, 0.25) is 15.7 Å². The second-order valence-electron chi connectivity index (χ2n) is 12.1. The van der Waals surface area contributed by atoms with Crippen molar-refractivity contribution in [3.05, 3.63) is 74.2 Å². The Morgan fingerprint density at radius 2 is 1.66 bits per heavy atom. The molecule has 1 saturated carbocycles. The molecule has 9 heteroatoms. The largest absolute Gasteiger partial charge is 0.618 e. The van der Waals surface area contributed by atoms with Crippen molar-refractivity contribution in [3.8, 4) is 22.6 Å². The third kappa shape index (κ3) is 5.85. The summed E-state index contributed by atoms with van der Waals surface area (Å²) in [7, 11) is -4.33. The molecular formula is C32H39ClN2O5S. The van der Waals surface area contributed by atoms with E-state index in [9.17, 15) is 18.7 Å². The normalized spacial score (nSPS) is 16.5. The van der Waals surface area contributed by atoms with Gasteiger partial charge in [0.1, 0.15) is 11.5 Å². The third-order valence-electron chi connectivity index (χ3n) is 8.53. The lowest BCUT2D eigenvalue weighted by atomic mass is 9.82. The highest BCUT2D eigenvalue weighted by Gasteiger charge is 2.40. The molecule has 0 atom stereocenters. The van der Waals surface area contributed by atoms with Crippen molar-refractivity contribution in [1.82, 2.24) is 0 Å². The van der Waals surface area contributed by atoms with Crippen LogP contribution < -0.4 is 14.6 Å². The van der Waals surface area contributed by atoms with Crippen molar-refractivity contribution >= 4 is 21.6 Å². The Bertz CT molecular complexity index is 1580. The number of hydrogen-bond donors (Lipinski definition) is 2. The van der Waals surface area contributed by atoms with Crippen LogP contribution in [-0.2, 0) is 28.5 Å². The number of halogens is 1. The maximum absolute atomic E-state index is 14.0. The van der Waals surface area contributed by atoms with Crippen LogP contribution in [0.15, 0.2) is 35.2 Å². The molecule has 41 heavy (non-hydrogen) atoms. The van der Waals surface area contributed by atoms with E-state index in [1.54, 1.807) is 32.0 Å². The fraction of sp³-hybridized carbons (Fsp3) is 0.469. The van der Waals surface area contributed by atoms with Gasteiger partial charge in [0.15, 0.2) is 10.6 Å². The number of benzene rings is 2. The summed E-state index contributed by atoms with van der Waals surface area (Å²) in [5, 5.41) is 31.6. The van der Waals surface area contributed by atoms with Gasteiger partial charge in [-0.1, -0.05) is 36.9 Å².